The molecule has 0 bridgehead atoms. The molecule has 1 atom stereocenters. The smallest absolute Gasteiger partial charge is 0.227 e. The summed E-state index contributed by atoms with van der Waals surface area (Å²) in [6.07, 6.45) is 2.22. The molecule has 2 aromatic rings. The summed E-state index contributed by atoms with van der Waals surface area (Å²) in [7, 11) is 0. The van der Waals surface area contributed by atoms with Gasteiger partial charge in [0.05, 0.1) is 6.04 Å². The van der Waals surface area contributed by atoms with E-state index in [1.165, 1.54) is 11.1 Å². The molecular formula is C17H18N4. The number of nitriles is 1. The third-order valence-corrected chi connectivity index (χ3v) is 4.01. The molecule has 1 saturated heterocycles. The second-order valence-corrected chi connectivity index (χ2v) is 5.51. The van der Waals surface area contributed by atoms with E-state index in [1.54, 1.807) is 6.07 Å². The lowest BCUT2D eigenvalue weighted by Crippen LogP contribution is -2.25. The highest BCUT2D eigenvalue weighted by Gasteiger charge is 2.29. The third kappa shape index (κ3) is 2.59. The molecule has 4 heteroatoms. The van der Waals surface area contributed by atoms with Crippen LogP contribution in [0.25, 0.3) is 0 Å². The minimum Gasteiger partial charge on any atom is -0.334 e. The SMILES string of the molecule is Cc1cc(C#N)nc(N2CCCC2c2ccccc2C)n1. The van der Waals surface area contributed by atoms with E-state index in [9.17, 15) is 0 Å². The Morgan fingerprint density at radius 2 is 2.05 bits per heavy atom. The Hall–Kier alpha value is -2.41. The van der Waals surface area contributed by atoms with Crippen LogP contribution in [0, 0.1) is 25.2 Å². The topological polar surface area (TPSA) is 52.8 Å². The Kier molecular flexibility index (Phi) is 3.57. The van der Waals surface area contributed by atoms with E-state index in [0.717, 1.165) is 25.1 Å². The Morgan fingerprint density at radius 3 is 2.81 bits per heavy atom. The van der Waals surface area contributed by atoms with Crippen molar-refractivity contribution in [2.75, 3.05) is 11.4 Å². The fourth-order valence-corrected chi connectivity index (χ4v) is 3.03. The Balaban J connectivity index is 2.00. The van der Waals surface area contributed by atoms with Crippen molar-refractivity contribution in [3.63, 3.8) is 0 Å². The van der Waals surface area contributed by atoms with Crippen LogP contribution in [0.15, 0.2) is 30.3 Å². The molecule has 4 nitrogen and oxygen atoms in total. The predicted molar refractivity (Wildman–Crippen MR) is 82.0 cm³/mol. The maximum absolute atomic E-state index is 9.10. The molecule has 0 saturated carbocycles. The molecule has 0 radical (unpaired) electrons. The van der Waals surface area contributed by atoms with E-state index < -0.39 is 0 Å². The van der Waals surface area contributed by atoms with Crippen molar-refractivity contribution in [2.24, 2.45) is 0 Å². The summed E-state index contributed by atoms with van der Waals surface area (Å²) in [5.41, 5.74) is 3.90. The van der Waals surface area contributed by atoms with Gasteiger partial charge in [0.15, 0.2) is 0 Å². The normalized spacial score (nSPS) is 17.8. The van der Waals surface area contributed by atoms with E-state index in [0.29, 0.717) is 17.7 Å². The fourth-order valence-electron chi connectivity index (χ4n) is 3.03. The maximum Gasteiger partial charge on any atom is 0.227 e. The van der Waals surface area contributed by atoms with Gasteiger partial charge in [-0.25, -0.2) is 9.97 Å². The van der Waals surface area contributed by atoms with Crippen molar-refractivity contribution in [3.8, 4) is 6.07 Å². The second kappa shape index (κ2) is 5.53. The van der Waals surface area contributed by atoms with Gasteiger partial charge in [0.2, 0.25) is 5.95 Å². The van der Waals surface area contributed by atoms with Crippen LogP contribution in [0.3, 0.4) is 0 Å². The summed E-state index contributed by atoms with van der Waals surface area (Å²) in [4.78, 5) is 11.2. The van der Waals surface area contributed by atoms with E-state index in [4.69, 9.17) is 5.26 Å². The molecule has 0 aliphatic carbocycles. The average Bonchev–Trinajstić information content (AvgIpc) is 2.96. The zero-order chi connectivity index (χ0) is 14.8. The molecule has 2 heterocycles. The van der Waals surface area contributed by atoms with Crippen LogP contribution in [0.4, 0.5) is 5.95 Å². The number of benzene rings is 1. The Bertz CT molecular complexity index is 702. The Morgan fingerprint density at radius 1 is 1.24 bits per heavy atom. The fraction of sp³-hybridized carbons (Fsp3) is 0.353. The number of hydrogen-bond donors (Lipinski definition) is 0. The van der Waals surface area contributed by atoms with Gasteiger partial charge in [-0.1, -0.05) is 24.3 Å². The quantitative estimate of drug-likeness (QED) is 0.845. The Labute approximate surface area is 125 Å². The number of aromatic nitrogens is 2. The molecule has 0 N–H and O–H groups in total. The first-order valence-corrected chi connectivity index (χ1v) is 7.27. The molecule has 1 fully saturated rings. The maximum atomic E-state index is 9.10. The van der Waals surface area contributed by atoms with Crippen LogP contribution in [-0.4, -0.2) is 16.5 Å². The summed E-state index contributed by atoms with van der Waals surface area (Å²) in [5, 5.41) is 9.10. The summed E-state index contributed by atoms with van der Waals surface area (Å²) in [5.74, 6) is 0.678. The lowest BCUT2D eigenvalue weighted by Gasteiger charge is -2.26. The van der Waals surface area contributed by atoms with Crippen molar-refractivity contribution in [3.05, 3.63) is 52.8 Å². The lowest BCUT2D eigenvalue weighted by atomic mass is 9.99. The van der Waals surface area contributed by atoms with Gasteiger partial charge in [-0.3, -0.25) is 0 Å². The van der Waals surface area contributed by atoms with E-state index in [-0.39, 0.29) is 0 Å². The van der Waals surface area contributed by atoms with E-state index in [2.05, 4.69) is 52.1 Å². The first-order chi connectivity index (χ1) is 10.2. The van der Waals surface area contributed by atoms with Crippen LogP contribution < -0.4 is 4.90 Å². The van der Waals surface area contributed by atoms with Gasteiger partial charge in [-0.05, 0) is 43.9 Å². The summed E-state index contributed by atoms with van der Waals surface area (Å²) >= 11 is 0. The van der Waals surface area contributed by atoms with Crippen molar-refractivity contribution >= 4 is 5.95 Å². The van der Waals surface area contributed by atoms with Gasteiger partial charge in [0, 0.05) is 12.2 Å². The van der Waals surface area contributed by atoms with Crippen LogP contribution in [0.5, 0.6) is 0 Å². The number of aryl methyl sites for hydroxylation is 2. The standard InChI is InChI=1S/C17H18N4/c1-12-6-3-4-7-15(12)16-8-5-9-21(16)17-19-13(2)10-14(11-18)20-17/h3-4,6-7,10,16H,5,8-9H2,1-2H3. The van der Waals surface area contributed by atoms with Crippen molar-refractivity contribution < 1.29 is 0 Å². The lowest BCUT2D eigenvalue weighted by molar-refractivity contribution is 0.695. The van der Waals surface area contributed by atoms with Crippen LogP contribution in [-0.2, 0) is 0 Å². The second-order valence-electron chi connectivity index (χ2n) is 5.51. The van der Waals surface area contributed by atoms with Crippen LogP contribution in [0.1, 0.15) is 41.4 Å². The molecule has 1 aliphatic rings. The van der Waals surface area contributed by atoms with Crippen molar-refractivity contribution in [1.82, 2.24) is 9.97 Å². The van der Waals surface area contributed by atoms with E-state index >= 15 is 0 Å². The number of rotatable bonds is 2. The monoisotopic (exact) mass is 278 g/mol. The summed E-state index contributed by atoms with van der Waals surface area (Å²) in [6, 6.07) is 12.6. The number of anilines is 1. The van der Waals surface area contributed by atoms with Crippen LogP contribution in [0.2, 0.25) is 0 Å². The molecule has 106 valence electrons. The average molecular weight is 278 g/mol. The molecule has 1 aliphatic heterocycles. The highest BCUT2D eigenvalue weighted by molar-refractivity contribution is 5.43. The van der Waals surface area contributed by atoms with Gasteiger partial charge in [-0.2, -0.15) is 5.26 Å². The molecular weight excluding hydrogens is 260 g/mol. The third-order valence-electron chi connectivity index (χ3n) is 4.01. The molecule has 0 amide bonds. The molecule has 1 aromatic carbocycles. The van der Waals surface area contributed by atoms with Crippen molar-refractivity contribution in [1.29, 1.82) is 5.26 Å². The highest BCUT2D eigenvalue weighted by Crippen LogP contribution is 2.35. The zero-order valence-electron chi connectivity index (χ0n) is 12.4. The van der Waals surface area contributed by atoms with Gasteiger partial charge in [-0.15, -0.1) is 0 Å². The van der Waals surface area contributed by atoms with Gasteiger partial charge < -0.3 is 4.90 Å². The largest absolute Gasteiger partial charge is 0.334 e. The molecule has 21 heavy (non-hydrogen) atoms. The first kappa shape index (κ1) is 13.6. The summed E-state index contributed by atoms with van der Waals surface area (Å²) < 4.78 is 0. The molecule has 1 unspecified atom stereocenters. The minimum atomic E-state index is 0.305. The number of nitrogens with zero attached hydrogens (tertiary/aromatic N) is 4. The van der Waals surface area contributed by atoms with Crippen molar-refractivity contribution in [2.45, 2.75) is 32.7 Å². The first-order valence-electron chi connectivity index (χ1n) is 7.27. The molecule has 3 rings (SSSR count). The number of hydrogen-bond acceptors (Lipinski definition) is 4. The zero-order valence-corrected chi connectivity index (χ0v) is 12.4. The van der Waals surface area contributed by atoms with Gasteiger partial charge in [0.25, 0.3) is 0 Å². The predicted octanol–water partition coefficient (Wildman–Crippen LogP) is 3.31. The van der Waals surface area contributed by atoms with E-state index in [1.807, 2.05) is 6.92 Å². The van der Waals surface area contributed by atoms with Gasteiger partial charge >= 0.3 is 0 Å². The summed E-state index contributed by atoms with van der Waals surface area (Å²) in [6.45, 7) is 4.99. The molecule has 0 spiro atoms. The molecule has 1 aromatic heterocycles. The highest BCUT2D eigenvalue weighted by atomic mass is 15.3. The van der Waals surface area contributed by atoms with Gasteiger partial charge in [0.1, 0.15) is 11.8 Å². The minimum absolute atomic E-state index is 0.305. The van der Waals surface area contributed by atoms with Crippen LogP contribution >= 0.6 is 0 Å².